The summed E-state index contributed by atoms with van der Waals surface area (Å²) in [5, 5.41) is 3.91. The van der Waals surface area contributed by atoms with Gasteiger partial charge in [-0.15, -0.1) is 0 Å². The molecular weight excluding hydrogens is 391 g/mol. The molecule has 0 aliphatic heterocycles. The normalized spacial score (nSPS) is 12.2. The molecule has 3 rings (SSSR count). The molecule has 148 valence electrons. The first kappa shape index (κ1) is 19.9. The molecule has 28 heavy (non-hydrogen) atoms. The van der Waals surface area contributed by atoms with E-state index in [9.17, 15) is 21.6 Å². The number of nitrogens with one attached hydrogen (secondary N) is 1. The number of halogens is 3. The van der Waals surface area contributed by atoms with Gasteiger partial charge < -0.3 is 0 Å². The molecular formula is C19H18F3N3O2S. The lowest BCUT2D eigenvalue weighted by atomic mass is 10.0. The fourth-order valence-corrected chi connectivity index (χ4v) is 3.86. The van der Waals surface area contributed by atoms with Crippen molar-refractivity contribution in [3.05, 3.63) is 65.9 Å². The van der Waals surface area contributed by atoms with Gasteiger partial charge in [0.05, 0.1) is 10.5 Å². The topological polar surface area (TPSA) is 64.0 Å². The largest absolute Gasteiger partial charge is 0.433 e. The van der Waals surface area contributed by atoms with E-state index in [4.69, 9.17) is 0 Å². The lowest BCUT2D eigenvalue weighted by Crippen LogP contribution is -2.15. The Balaban J connectivity index is 2.21. The van der Waals surface area contributed by atoms with Crippen LogP contribution in [0.25, 0.3) is 11.1 Å². The van der Waals surface area contributed by atoms with E-state index < -0.39 is 21.9 Å². The molecule has 9 heteroatoms. The van der Waals surface area contributed by atoms with Gasteiger partial charge in [0.15, 0.2) is 11.5 Å². The molecule has 0 bridgehead atoms. The van der Waals surface area contributed by atoms with E-state index in [-0.39, 0.29) is 28.4 Å². The Hall–Kier alpha value is -2.81. The maximum atomic E-state index is 13.8. The number of alkyl halides is 3. The fourth-order valence-electron chi connectivity index (χ4n) is 2.83. The average Bonchev–Trinajstić information content (AvgIpc) is 3.01. The molecule has 0 saturated heterocycles. The van der Waals surface area contributed by atoms with Crippen molar-refractivity contribution in [1.82, 2.24) is 9.78 Å². The third-order valence-electron chi connectivity index (χ3n) is 4.15. The Morgan fingerprint density at radius 3 is 2.18 bits per heavy atom. The van der Waals surface area contributed by atoms with Crippen LogP contribution in [0.3, 0.4) is 0 Å². The summed E-state index contributed by atoms with van der Waals surface area (Å²) in [6.07, 6.45) is -4.71. The van der Waals surface area contributed by atoms with Gasteiger partial charge in [-0.2, -0.15) is 18.3 Å². The number of rotatable bonds is 5. The minimum Gasteiger partial charge on any atom is -0.261 e. The summed E-state index contributed by atoms with van der Waals surface area (Å²) in [7, 11) is -4.10. The summed E-state index contributed by atoms with van der Waals surface area (Å²) in [6.45, 7) is 3.25. The van der Waals surface area contributed by atoms with Crippen molar-refractivity contribution in [2.24, 2.45) is 0 Å². The van der Waals surface area contributed by atoms with Crippen molar-refractivity contribution in [1.29, 1.82) is 0 Å². The van der Waals surface area contributed by atoms with E-state index in [2.05, 4.69) is 9.82 Å². The molecule has 2 aromatic carbocycles. The van der Waals surface area contributed by atoms with Crippen LogP contribution in [-0.4, -0.2) is 18.2 Å². The fraction of sp³-hybridized carbons (Fsp3) is 0.211. The maximum absolute atomic E-state index is 13.8. The maximum Gasteiger partial charge on any atom is 0.433 e. The Labute approximate surface area is 160 Å². The second-order valence-electron chi connectivity index (χ2n) is 6.17. The lowest BCUT2D eigenvalue weighted by Gasteiger charge is -2.12. The van der Waals surface area contributed by atoms with Gasteiger partial charge in [-0.1, -0.05) is 48.0 Å². The van der Waals surface area contributed by atoms with Gasteiger partial charge in [0.2, 0.25) is 0 Å². The van der Waals surface area contributed by atoms with Crippen molar-refractivity contribution >= 4 is 15.8 Å². The van der Waals surface area contributed by atoms with E-state index in [0.717, 1.165) is 10.2 Å². The first-order valence-electron chi connectivity index (χ1n) is 8.46. The van der Waals surface area contributed by atoms with E-state index >= 15 is 0 Å². The molecule has 0 aliphatic rings. The monoisotopic (exact) mass is 409 g/mol. The number of nitrogens with zero attached hydrogens (tertiary/aromatic N) is 2. The number of benzene rings is 2. The first-order chi connectivity index (χ1) is 13.1. The number of sulfonamides is 1. The molecule has 3 aromatic rings. The van der Waals surface area contributed by atoms with E-state index in [1.54, 1.807) is 18.2 Å². The van der Waals surface area contributed by atoms with Crippen LogP contribution >= 0.6 is 0 Å². The zero-order chi connectivity index (χ0) is 20.5. The molecule has 1 N–H and O–H groups in total. The zero-order valence-electron chi connectivity index (χ0n) is 15.2. The van der Waals surface area contributed by atoms with Crippen molar-refractivity contribution < 1.29 is 21.6 Å². The van der Waals surface area contributed by atoms with Crippen LogP contribution in [0.1, 0.15) is 18.2 Å². The Bertz CT molecular complexity index is 1070. The number of hydrogen-bond donors (Lipinski definition) is 1. The molecule has 0 spiro atoms. The Kier molecular flexibility index (Phi) is 5.20. The van der Waals surface area contributed by atoms with Gasteiger partial charge in [0.25, 0.3) is 10.0 Å². The second-order valence-corrected chi connectivity index (χ2v) is 7.85. The standard InChI is InChI=1S/C19H18F3N3O2S/c1-3-25-17(19(20,21)22)16(14-11-9-13(2)10-12-14)18(23-25)24-28(26,27)15-7-5-4-6-8-15/h4-12H,3H2,1-2H3,(H,23,24). The quantitative estimate of drug-likeness (QED) is 0.665. The molecule has 1 heterocycles. The van der Waals surface area contributed by atoms with Gasteiger partial charge in [0, 0.05) is 6.54 Å². The lowest BCUT2D eigenvalue weighted by molar-refractivity contribution is -0.143. The first-order valence-corrected chi connectivity index (χ1v) is 9.94. The average molecular weight is 409 g/mol. The van der Waals surface area contributed by atoms with Crippen LogP contribution in [0.4, 0.5) is 19.0 Å². The number of aryl methyl sites for hydroxylation is 2. The Morgan fingerprint density at radius 1 is 1.04 bits per heavy atom. The van der Waals surface area contributed by atoms with Gasteiger partial charge in [-0.3, -0.25) is 9.40 Å². The van der Waals surface area contributed by atoms with Gasteiger partial charge in [-0.25, -0.2) is 8.42 Å². The van der Waals surface area contributed by atoms with Crippen LogP contribution in [0.5, 0.6) is 0 Å². The highest BCUT2D eigenvalue weighted by molar-refractivity contribution is 7.92. The highest BCUT2D eigenvalue weighted by atomic mass is 32.2. The van der Waals surface area contributed by atoms with Gasteiger partial charge in [0.1, 0.15) is 0 Å². The third kappa shape index (κ3) is 3.89. The predicted molar refractivity (Wildman–Crippen MR) is 100 cm³/mol. The van der Waals surface area contributed by atoms with Crippen molar-refractivity contribution in [3.8, 4) is 11.1 Å². The molecule has 0 radical (unpaired) electrons. The molecule has 0 aliphatic carbocycles. The van der Waals surface area contributed by atoms with Crippen molar-refractivity contribution in [2.75, 3.05) is 4.72 Å². The molecule has 0 fully saturated rings. The van der Waals surface area contributed by atoms with Crippen LogP contribution in [0, 0.1) is 6.92 Å². The smallest absolute Gasteiger partial charge is 0.261 e. The van der Waals surface area contributed by atoms with Crippen LogP contribution in [-0.2, 0) is 22.7 Å². The summed E-state index contributed by atoms with van der Waals surface area (Å²) in [4.78, 5) is -0.0653. The molecule has 5 nitrogen and oxygen atoms in total. The molecule has 1 aromatic heterocycles. The van der Waals surface area contributed by atoms with Gasteiger partial charge >= 0.3 is 6.18 Å². The number of aromatic nitrogens is 2. The van der Waals surface area contributed by atoms with E-state index in [0.29, 0.717) is 0 Å². The minimum atomic E-state index is -4.71. The number of anilines is 1. The Morgan fingerprint density at radius 2 is 1.64 bits per heavy atom. The molecule has 0 unspecified atom stereocenters. The summed E-state index contributed by atoms with van der Waals surface area (Å²) in [5.74, 6) is -0.359. The summed E-state index contributed by atoms with van der Waals surface area (Å²) >= 11 is 0. The van der Waals surface area contributed by atoms with Crippen LogP contribution in [0.2, 0.25) is 0 Å². The summed E-state index contributed by atoms with van der Waals surface area (Å²) in [5.41, 5.74) is -0.200. The highest BCUT2D eigenvalue weighted by Gasteiger charge is 2.40. The number of hydrogen-bond acceptors (Lipinski definition) is 3. The van der Waals surface area contributed by atoms with Crippen molar-refractivity contribution in [3.63, 3.8) is 0 Å². The summed E-state index contributed by atoms with van der Waals surface area (Å²) < 4.78 is 69.7. The van der Waals surface area contributed by atoms with Crippen LogP contribution < -0.4 is 4.72 Å². The van der Waals surface area contributed by atoms with Crippen LogP contribution in [0.15, 0.2) is 59.5 Å². The van der Waals surface area contributed by atoms with Gasteiger partial charge in [-0.05, 0) is 31.5 Å². The SMILES string of the molecule is CCn1nc(NS(=O)(=O)c2ccccc2)c(-c2ccc(C)cc2)c1C(F)(F)F. The summed E-state index contributed by atoms with van der Waals surface area (Å²) in [6, 6.07) is 13.8. The highest BCUT2D eigenvalue weighted by Crippen LogP contribution is 2.42. The van der Waals surface area contributed by atoms with E-state index in [1.807, 2.05) is 6.92 Å². The zero-order valence-corrected chi connectivity index (χ0v) is 16.0. The second kappa shape index (κ2) is 7.31. The minimum absolute atomic E-state index is 0.0653. The van der Waals surface area contributed by atoms with E-state index in [1.165, 1.54) is 43.3 Å². The third-order valence-corrected chi connectivity index (χ3v) is 5.50. The molecule has 0 saturated carbocycles. The predicted octanol–water partition coefficient (Wildman–Crippen LogP) is 4.70. The molecule has 0 atom stereocenters. The van der Waals surface area contributed by atoms with Crippen molar-refractivity contribution in [2.45, 2.75) is 31.5 Å². The molecule has 0 amide bonds.